The van der Waals surface area contributed by atoms with Crippen molar-refractivity contribution in [2.24, 2.45) is 0 Å². The van der Waals surface area contributed by atoms with Gasteiger partial charge in [-0.25, -0.2) is 14.6 Å². The van der Waals surface area contributed by atoms with E-state index in [0.29, 0.717) is 5.56 Å². The fourth-order valence-corrected chi connectivity index (χ4v) is 1.99. The Bertz CT molecular complexity index is 820. The quantitative estimate of drug-likeness (QED) is 0.730. The molecule has 0 atom stereocenters. The summed E-state index contributed by atoms with van der Waals surface area (Å²) in [6.07, 6.45) is -3.74. The van der Waals surface area contributed by atoms with Gasteiger partial charge in [0.2, 0.25) is 0 Å². The summed E-state index contributed by atoms with van der Waals surface area (Å²) in [6, 6.07) is 6.01. The lowest BCUT2D eigenvalue weighted by atomic mass is 10.2. The van der Waals surface area contributed by atoms with E-state index >= 15 is 0 Å². The van der Waals surface area contributed by atoms with Crippen LogP contribution in [0.5, 0.6) is 11.5 Å². The van der Waals surface area contributed by atoms with E-state index in [1.807, 2.05) is 0 Å². The summed E-state index contributed by atoms with van der Waals surface area (Å²) >= 11 is 0. The number of aromatic carboxylic acids is 1. The fraction of sp³-hybridized carbons (Fsp3) is 0.235. The van der Waals surface area contributed by atoms with E-state index in [-0.39, 0.29) is 24.5 Å². The maximum Gasteiger partial charge on any atom is 0.573 e. The molecule has 0 fully saturated rings. The molecule has 0 aliphatic carbocycles. The number of nitrogens with zero attached hydrogens (tertiary/aromatic N) is 1. The van der Waals surface area contributed by atoms with Crippen LogP contribution in [0, 0.1) is 0 Å². The molecule has 0 radical (unpaired) electrons. The van der Waals surface area contributed by atoms with Crippen molar-refractivity contribution in [1.29, 1.82) is 0 Å². The van der Waals surface area contributed by atoms with Crippen molar-refractivity contribution in [3.63, 3.8) is 0 Å². The van der Waals surface area contributed by atoms with Gasteiger partial charge in [-0.05, 0) is 30.7 Å². The van der Waals surface area contributed by atoms with Gasteiger partial charge >= 0.3 is 18.3 Å². The number of pyridine rings is 1. The van der Waals surface area contributed by atoms with Crippen molar-refractivity contribution in [1.82, 2.24) is 4.98 Å². The Labute approximate surface area is 151 Å². The number of rotatable bonds is 7. The molecule has 27 heavy (non-hydrogen) atoms. The molecule has 0 amide bonds. The van der Waals surface area contributed by atoms with Gasteiger partial charge in [-0.15, -0.1) is 13.2 Å². The largest absolute Gasteiger partial charge is 0.573 e. The Morgan fingerprint density at radius 3 is 2.41 bits per heavy atom. The van der Waals surface area contributed by atoms with Gasteiger partial charge in [0, 0.05) is 6.20 Å². The number of alkyl halides is 3. The van der Waals surface area contributed by atoms with Gasteiger partial charge in [-0.3, -0.25) is 0 Å². The highest BCUT2D eigenvalue weighted by atomic mass is 19.4. The Morgan fingerprint density at radius 1 is 1.19 bits per heavy atom. The smallest absolute Gasteiger partial charge is 0.486 e. The van der Waals surface area contributed by atoms with E-state index in [4.69, 9.17) is 14.6 Å². The van der Waals surface area contributed by atoms with Crippen molar-refractivity contribution in [3.8, 4) is 11.5 Å². The fourth-order valence-electron chi connectivity index (χ4n) is 1.99. The first-order valence-corrected chi connectivity index (χ1v) is 7.57. The minimum absolute atomic E-state index is 0.00535. The average molecular weight is 385 g/mol. The van der Waals surface area contributed by atoms with Crippen LogP contribution in [0.25, 0.3) is 0 Å². The number of carboxylic acids is 1. The molecule has 0 bridgehead atoms. The van der Waals surface area contributed by atoms with Gasteiger partial charge in [0.1, 0.15) is 12.4 Å². The number of esters is 1. The SMILES string of the molecule is CCOC(=O)c1cnc(C(=O)O)c(OCc2ccc(OC(F)(F)F)cc2)c1. The van der Waals surface area contributed by atoms with Crippen LogP contribution >= 0.6 is 0 Å². The maximum atomic E-state index is 12.1. The van der Waals surface area contributed by atoms with Crippen LogP contribution in [0.1, 0.15) is 33.3 Å². The van der Waals surface area contributed by atoms with Gasteiger partial charge in [0.25, 0.3) is 0 Å². The number of hydrogen-bond donors (Lipinski definition) is 1. The molecule has 1 N–H and O–H groups in total. The van der Waals surface area contributed by atoms with E-state index in [0.717, 1.165) is 18.3 Å². The number of halogens is 3. The molecule has 0 saturated carbocycles. The van der Waals surface area contributed by atoms with E-state index < -0.39 is 29.7 Å². The highest BCUT2D eigenvalue weighted by molar-refractivity contribution is 5.93. The summed E-state index contributed by atoms with van der Waals surface area (Å²) in [5.74, 6) is -2.64. The highest BCUT2D eigenvalue weighted by Crippen LogP contribution is 2.24. The van der Waals surface area contributed by atoms with Crippen LogP contribution in [0.4, 0.5) is 13.2 Å². The molecule has 0 aliphatic rings. The molecule has 0 spiro atoms. The summed E-state index contributed by atoms with van der Waals surface area (Å²) in [6.45, 7) is 1.57. The zero-order valence-corrected chi connectivity index (χ0v) is 13.9. The zero-order valence-electron chi connectivity index (χ0n) is 13.9. The number of carbonyl (C=O) groups is 2. The predicted molar refractivity (Wildman–Crippen MR) is 84.6 cm³/mol. The van der Waals surface area contributed by atoms with Gasteiger partial charge in [0.05, 0.1) is 12.2 Å². The second-order valence-electron chi connectivity index (χ2n) is 5.08. The average Bonchev–Trinajstić information content (AvgIpc) is 2.59. The molecule has 0 unspecified atom stereocenters. The van der Waals surface area contributed by atoms with E-state index in [1.54, 1.807) is 6.92 Å². The summed E-state index contributed by atoms with van der Waals surface area (Å²) in [5.41, 5.74) is 0.0354. The third-order valence-electron chi connectivity index (χ3n) is 3.12. The van der Waals surface area contributed by atoms with Gasteiger partial charge in [0.15, 0.2) is 11.4 Å². The molecule has 7 nitrogen and oxygen atoms in total. The topological polar surface area (TPSA) is 95.0 Å². The Morgan fingerprint density at radius 2 is 1.85 bits per heavy atom. The van der Waals surface area contributed by atoms with Gasteiger partial charge < -0.3 is 19.3 Å². The number of aromatic nitrogens is 1. The summed E-state index contributed by atoms with van der Waals surface area (Å²) < 4.78 is 50.4. The summed E-state index contributed by atoms with van der Waals surface area (Å²) in [5, 5.41) is 9.16. The lowest BCUT2D eigenvalue weighted by Crippen LogP contribution is -2.17. The van der Waals surface area contributed by atoms with Gasteiger partial charge in [-0.2, -0.15) is 0 Å². The molecule has 1 aromatic carbocycles. The number of hydrogen-bond acceptors (Lipinski definition) is 6. The van der Waals surface area contributed by atoms with Crippen molar-refractivity contribution >= 4 is 11.9 Å². The van der Waals surface area contributed by atoms with Crippen LogP contribution < -0.4 is 9.47 Å². The van der Waals surface area contributed by atoms with E-state index in [9.17, 15) is 22.8 Å². The Kier molecular flexibility index (Phi) is 6.22. The number of carbonyl (C=O) groups excluding carboxylic acids is 1. The van der Waals surface area contributed by atoms with Crippen LogP contribution in [0.3, 0.4) is 0 Å². The molecule has 1 aromatic heterocycles. The molecular weight excluding hydrogens is 371 g/mol. The minimum atomic E-state index is -4.80. The first-order valence-electron chi connectivity index (χ1n) is 7.57. The van der Waals surface area contributed by atoms with Crippen molar-refractivity contribution in [2.45, 2.75) is 19.9 Å². The summed E-state index contributed by atoms with van der Waals surface area (Å²) in [4.78, 5) is 26.6. The molecule has 0 saturated heterocycles. The predicted octanol–water partition coefficient (Wildman–Crippen LogP) is 3.43. The first-order chi connectivity index (χ1) is 12.7. The minimum Gasteiger partial charge on any atom is -0.486 e. The number of ether oxygens (including phenoxy) is 3. The van der Waals surface area contributed by atoms with Crippen LogP contribution in [-0.4, -0.2) is 35.0 Å². The van der Waals surface area contributed by atoms with E-state index in [2.05, 4.69) is 9.72 Å². The zero-order chi connectivity index (χ0) is 20.0. The van der Waals surface area contributed by atoms with Crippen LogP contribution in [-0.2, 0) is 11.3 Å². The standard InChI is InChI=1S/C17H14F3NO6/c1-2-25-16(24)11-7-13(14(15(22)23)21-8-11)26-9-10-3-5-12(6-4-10)27-17(18,19)20/h3-8H,2,9H2,1H3,(H,22,23). The molecule has 0 aliphatic heterocycles. The lowest BCUT2D eigenvalue weighted by Gasteiger charge is -2.11. The van der Waals surface area contributed by atoms with Crippen molar-refractivity contribution < 1.29 is 42.1 Å². The van der Waals surface area contributed by atoms with Gasteiger partial charge in [-0.1, -0.05) is 12.1 Å². The first kappa shape index (κ1) is 20.0. The van der Waals surface area contributed by atoms with Crippen molar-refractivity contribution in [3.05, 3.63) is 53.3 Å². The van der Waals surface area contributed by atoms with Crippen LogP contribution in [0.15, 0.2) is 36.5 Å². The molecule has 10 heteroatoms. The molecule has 144 valence electrons. The monoisotopic (exact) mass is 385 g/mol. The Hall–Kier alpha value is -3.30. The third-order valence-corrected chi connectivity index (χ3v) is 3.12. The molecule has 1 heterocycles. The molecule has 2 aromatic rings. The highest BCUT2D eigenvalue weighted by Gasteiger charge is 2.31. The Balaban J connectivity index is 2.14. The normalized spacial score (nSPS) is 11.0. The second-order valence-corrected chi connectivity index (χ2v) is 5.08. The molecular formula is C17H14F3NO6. The number of benzene rings is 1. The summed E-state index contributed by atoms with van der Waals surface area (Å²) in [7, 11) is 0. The second kappa shape index (κ2) is 8.39. The van der Waals surface area contributed by atoms with Crippen molar-refractivity contribution in [2.75, 3.05) is 6.61 Å². The maximum absolute atomic E-state index is 12.1. The third kappa shape index (κ3) is 5.87. The van der Waals surface area contributed by atoms with Crippen LogP contribution in [0.2, 0.25) is 0 Å². The number of carboxylic acid groups (broad SMARTS) is 1. The lowest BCUT2D eigenvalue weighted by molar-refractivity contribution is -0.274. The van der Waals surface area contributed by atoms with E-state index in [1.165, 1.54) is 18.2 Å². The molecule has 2 rings (SSSR count).